The maximum atomic E-state index is 5.21. The minimum absolute atomic E-state index is 0.990. The smallest absolute Gasteiger partial charge is 0.146 e. The van der Waals surface area contributed by atoms with Crippen molar-refractivity contribution in [3.05, 3.63) is 182 Å². The molecule has 12 aromatic rings. The molecule has 0 aliphatic heterocycles. The Bertz CT molecular complexity index is 3440. The van der Waals surface area contributed by atoms with Gasteiger partial charge in [0, 0.05) is 43.7 Å². The van der Waals surface area contributed by atoms with Gasteiger partial charge in [0.2, 0.25) is 0 Å². The summed E-state index contributed by atoms with van der Waals surface area (Å²) in [6.07, 6.45) is 0. The maximum absolute atomic E-state index is 5.21. The highest BCUT2D eigenvalue weighted by atomic mass is 15.0. The molecule has 4 heteroatoms. The molecule has 0 N–H and O–H groups in total. The Balaban J connectivity index is 1.13. The fourth-order valence-corrected chi connectivity index (χ4v) is 8.86. The molecule has 246 valence electrons. The summed E-state index contributed by atoms with van der Waals surface area (Å²) in [4.78, 5) is 5.21. The van der Waals surface area contributed by atoms with Crippen LogP contribution in [0.1, 0.15) is 0 Å². The van der Waals surface area contributed by atoms with Crippen molar-refractivity contribution >= 4 is 82.0 Å². The molecule has 0 aliphatic rings. The molecule has 0 atom stereocenters. The van der Waals surface area contributed by atoms with Crippen LogP contribution >= 0.6 is 0 Å². The van der Waals surface area contributed by atoms with Gasteiger partial charge < -0.3 is 9.13 Å². The quantitative estimate of drug-likeness (QED) is 0.171. The fourth-order valence-electron chi connectivity index (χ4n) is 8.86. The van der Waals surface area contributed by atoms with Crippen LogP contribution < -0.4 is 0 Å². The van der Waals surface area contributed by atoms with Gasteiger partial charge in [0.05, 0.1) is 38.6 Å². The monoisotopic (exact) mass is 674 g/mol. The van der Waals surface area contributed by atoms with Gasteiger partial charge in [0.25, 0.3) is 0 Å². The predicted molar refractivity (Wildman–Crippen MR) is 222 cm³/mol. The first kappa shape index (κ1) is 28.5. The van der Waals surface area contributed by atoms with E-state index in [1.54, 1.807) is 0 Å². The number of pyridine rings is 1. The standard InChI is InChI=1S/C49H30N4/c1-2-12-31(13-3-1)32-22-24-33(25-23-32)51-43-18-8-5-15-36(43)39-28-34(26-27-46(39)51)52-44-19-9-6-16-37(44)40-29-41-38(30-48(40)52)35-14-4-10-20-45(35)53-47-21-11-7-17-42(47)50-49(41)53/h1-30H. The van der Waals surface area contributed by atoms with Crippen molar-refractivity contribution in [2.24, 2.45) is 0 Å². The van der Waals surface area contributed by atoms with E-state index in [2.05, 4.69) is 196 Å². The van der Waals surface area contributed by atoms with Crippen LogP contribution in [-0.2, 0) is 0 Å². The molecule has 0 spiro atoms. The first-order chi connectivity index (χ1) is 26.3. The summed E-state index contributed by atoms with van der Waals surface area (Å²) in [6, 6.07) is 66.0. The van der Waals surface area contributed by atoms with Crippen molar-refractivity contribution in [3.8, 4) is 22.5 Å². The van der Waals surface area contributed by atoms with Crippen molar-refractivity contribution < 1.29 is 0 Å². The summed E-state index contributed by atoms with van der Waals surface area (Å²) >= 11 is 0. The van der Waals surface area contributed by atoms with Crippen LogP contribution in [0, 0.1) is 0 Å². The summed E-state index contributed by atoms with van der Waals surface area (Å²) in [7, 11) is 0. The Morgan fingerprint density at radius 1 is 0.302 bits per heavy atom. The molecule has 4 heterocycles. The summed E-state index contributed by atoms with van der Waals surface area (Å²) in [5.74, 6) is 0. The predicted octanol–water partition coefficient (Wildman–Crippen LogP) is 12.7. The summed E-state index contributed by atoms with van der Waals surface area (Å²) in [6.45, 7) is 0. The van der Waals surface area contributed by atoms with Crippen molar-refractivity contribution in [2.75, 3.05) is 0 Å². The molecule has 0 fully saturated rings. The lowest BCUT2D eigenvalue weighted by Crippen LogP contribution is -1.96. The fraction of sp³-hybridized carbons (Fsp3) is 0. The van der Waals surface area contributed by atoms with Crippen LogP contribution in [0.4, 0.5) is 0 Å². The number of benzene rings is 8. The molecule has 12 rings (SSSR count). The zero-order valence-corrected chi connectivity index (χ0v) is 28.6. The van der Waals surface area contributed by atoms with Crippen molar-refractivity contribution in [1.29, 1.82) is 0 Å². The number of hydrogen-bond acceptors (Lipinski definition) is 1. The van der Waals surface area contributed by atoms with Crippen molar-refractivity contribution in [3.63, 3.8) is 0 Å². The second kappa shape index (κ2) is 10.7. The number of aromatic nitrogens is 4. The van der Waals surface area contributed by atoms with E-state index in [9.17, 15) is 0 Å². The number of imidazole rings is 1. The molecule has 0 saturated carbocycles. The van der Waals surface area contributed by atoms with Crippen LogP contribution in [-0.4, -0.2) is 18.5 Å². The number of nitrogens with zero attached hydrogens (tertiary/aromatic N) is 4. The number of rotatable bonds is 3. The Morgan fingerprint density at radius 2 is 0.830 bits per heavy atom. The van der Waals surface area contributed by atoms with Gasteiger partial charge in [-0.1, -0.05) is 109 Å². The molecule has 0 saturated heterocycles. The van der Waals surface area contributed by atoms with E-state index in [1.165, 1.54) is 65.5 Å². The van der Waals surface area contributed by atoms with Gasteiger partial charge in [-0.25, -0.2) is 4.98 Å². The highest BCUT2D eigenvalue weighted by Gasteiger charge is 2.20. The Kier molecular flexibility index (Phi) is 5.74. The Hall–Kier alpha value is -7.17. The van der Waals surface area contributed by atoms with Gasteiger partial charge in [-0.3, -0.25) is 4.40 Å². The summed E-state index contributed by atoms with van der Waals surface area (Å²) < 4.78 is 7.18. The van der Waals surface area contributed by atoms with E-state index in [-0.39, 0.29) is 0 Å². The maximum Gasteiger partial charge on any atom is 0.146 e. The first-order valence-corrected chi connectivity index (χ1v) is 18.1. The van der Waals surface area contributed by atoms with E-state index in [0.29, 0.717) is 0 Å². The zero-order chi connectivity index (χ0) is 34.6. The average molecular weight is 675 g/mol. The second-order valence-electron chi connectivity index (χ2n) is 14.0. The van der Waals surface area contributed by atoms with Gasteiger partial charge in [-0.05, 0) is 89.3 Å². The Labute approximate surface area is 304 Å². The molecule has 0 aliphatic carbocycles. The minimum Gasteiger partial charge on any atom is -0.309 e. The van der Waals surface area contributed by atoms with Crippen molar-refractivity contribution in [2.45, 2.75) is 0 Å². The molecule has 0 bridgehead atoms. The van der Waals surface area contributed by atoms with E-state index >= 15 is 0 Å². The molecule has 4 nitrogen and oxygen atoms in total. The first-order valence-electron chi connectivity index (χ1n) is 18.1. The van der Waals surface area contributed by atoms with Crippen LogP contribution in [0.2, 0.25) is 0 Å². The molecule has 53 heavy (non-hydrogen) atoms. The molecule has 0 radical (unpaired) electrons. The zero-order valence-electron chi connectivity index (χ0n) is 28.6. The molecule has 4 aromatic heterocycles. The lowest BCUT2D eigenvalue weighted by Gasteiger charge is -2.12. The van der Waals surface area contributed by atoms with Crippen LogP contribution in [0.25, 0.3) is 104 Å². The molecular weight excluding hydrogens is 645 g/mol. The highest BCUT2D eigenvalue weighted by Crippen LogP contribution is 2.41. The minimum atomic E-state index is 0.990. The molecule has 0 unspecified atom stereocenters. The van der Waals surface area contributed by atoms with Crippen molar-refractivity contribution in [1.82, 2.24) is 18.5 Å². The average Bonchev–Trinajstić information content (AvgIpc) is 3.88. The topological polar surface area (TPSA) is 27.2 Å². The normalized spacial score (nSPS) is 12.2. The van der Waals surface area contributed by atoms with Crippen LogP contribution in [0.15, 0.2) is 182 Å². The SMILES string of the molecule is c1ccc(-c2ccc(-n3c4ccccc4c4cc(-n5c6ccccc6c6cc7c(cc65)c5ccccc5n5c6ccccc6nc75)ccc43)cc2)cc1. The third kappa shape index (κ3) is 3.98. The third-order valence-corrected chi connectivity index (χ3v) is 11.2. The van der Waals surface area contributed by atoms with Gasteiger partial charge in [0.1, 0.15) is 5.65 Å². The number of fused-ring (bicyclic) bond motifs is 14. The van der Waals surface area contributed by atoms with E-state index in [1.807, 2.05) is 0 Å². The lowest BCUT2D eigenvalue weighted by molar-refractivity contribution is 1.17. The molecular formula is C49H30N4. The van der Waals surface area contributed by atoms with Crippen LogP contribution in [0.5, 0.6) is 0 Å². The van der Waals surface area contributed by atoms with Gasteiger partial charge in [0.15, 0.2) is 0 Å². The highest BCUT2D eigenvalue weighted by molar-refractivity contribution is 6.22. The largest absolute Gasteiger partial charge is 0.309 e. The lowest BCUT2D eigenvalue weighted by atomic mass is 10.0. The third-order valence-electron chi connectivity index (χ3n) is 11.2. The number of hydrogen-bond donors (Lipinski definition) is 0. The molecule has 8 aromatic carbocycles. The van der Waals surface area contributed by atoms with Crippen LogP contribution in [0.3, 0.4) is 0 Å². The van der Waals surface area contributed by atoms with Gasteiger partial charge in [-0.15, -0.1) is 0 Å². The summed E-state index contributed by atoms with van der Waals surface area (Å²) in [5.41, 5.74) is 13.8. The van der Waals surface area contributed by atoms with E-state index < -0.39 is 0 Å². The molecule has 0 amide bonds. The van der Waals surface area contributed by atoms with Gasteiger partial charge >= 0.3 is 0 Å². The van der Waals surface area contributed by atoms with E-state index in [0.717, 1.165) is 39.0 Å². The Morgan fingerprint density at radius 3 is 1.57 bits per heavy atom. The number of para-hydroxylation sites is 5. The second-order valence-corrected chi connectivity index (χ2v) is 14.0. The van der Waals surface area contributed by atoms with E-state index in [4.69, 9.17) is 4.98 Å². The van der Waals surface area contributed by atoms with Gasteiger partial charge in [-0.2, -0.15) is 0 Å². The summed E-state index contributed by atoms with van der Waals surface area (Å²) in [5, 5.41) is 8.50.